The Balaban J connectivity index is 1.58. The Kier molecular flexibility index (Phi) is 4.29. The summed E-state index contributed by atoms with van der Waals surface area (Å²) in [6.45, 7) is 0. The van der Waals surface area contributed by atoms with Gasteiger partial charge in [0, 0.05) is 29.6 Å². The predicted octanol–water partition coefficient (Wildman–Crippen LogP) is 1.49. The van der Waals surface area contributed by atoms with Gasteiger partial charge in [0.1, 0.15) is 0 Å². The summed E-state index contributed by atoms with van der Waals surface area (Å²) < 4.78 is 19.1. The molecule has 0 aromatic carbocycles. The van der Waals surface area contributed by atoms with Crippen LogP contribution in [0.4, 0.5) is 4.39 Å². The fourth-order valence-corrected chi connectivity index (χ4v) is 4.18. The van der Waals surface area contributed by atoms with Crippen LogP contribution in [-0.4, -0.2) is 51.1 Å². The van der Waals surface area contributed by atoms with Gasteiger partial charge < -0.3 is 15.4 Å². The van der Waals surface area contributed by atoms with Crippen molar-refractivity contribution in [3.63, 3.8) is 0 Å². The second-order valence-electron chi connectivity index (χ2n) is 7.04. The van der Waals surface area contributed by atoms with E-state index in [9.17, 15) is 14.0 Å². The van der Waals surface area contributed by atoms with Gasteiger partial charge in [-0.3, -0.25) is 14.7 Å². The minimum atomic E-state index is -0.541. The number of hydrogen-bond acceptors (Lipinski definition) is 5. The normalized spacial score (nSPS) is 24.1. The summed E-state index contributed by atoms with van der Waals surface area (Å²) >= 11 is 0. The number of nitrogens with two attached hydrogens (primary N) is 1. The SMILES string of the molecule is COc1cc(-c2cc(C(=O)N3C4CCC3CC(C(N)=O)C4)n[nH]2)c(F)cn1. The zero-order valence-corrected chi connectivity index (χ0v) is 14.8. The Morgan fingerprint density at radius 2 is 2.00 bits per heavy atom. The van der Waals surface area contributed by atoms with Gasteiger partial charge in [-0.2, -0.15) is 5.10 Å². The van der Waals surface area contributed by atoms with E-state index in [1.807, 2.05) is 4.90 Å². The monoisotopic (exact) mass is 373 g/mol. The summed E-state index contributed by atoms with van der Waals surface area (Å²) in [5, 5.41) is 6.80. The second kappa shape index (κ2) is 6.64. The smallest absolute Gasteiger partial charge is 0.274 e. The molecule has 2 fully saturated rings. The molecule has 2 bridgehead atoms. The van der Waals surface area contributed by atoms with Gasteiger partial charge in [-0.25, -0.2) is 9.37 Å². The number of amides is 2. The van der Waals surface area contributed by atoms with Gasteiger partial charge in [-0.1, -0.05) is 0 Å². The van der Waals surface area contributed by atoms with Crippen molar-refractivity contribution in [2.45, 2.75) is 37.8 Å². The van der Waals surface area contributed by atoms with Gasteiger partial charge in [0.25, 0.3) is 5.91 Å². The molecule has 4 rings (SSSR count). The molecular formula is C18H20FN5O3. The number of hydrogen-bond donors (Lipinski definition) is 2. The highest BCUT2D eigenvalue weighted by Gasteiger charge is 2.45. The van der Waals surface area contributed by atoms with E-state index in [4.69, 9.17) is 10.5 Å². The Hall–Kier alpha value is -2.97. The molecule has 0 aliphatic carbocycles. The lowest BCUT2D eigenvalue weighted by atomic mass is 9.90. The number of halogens is 1. The number of nitrogens with zero attached hydrogens (tertiary/aromatic N) is 3. The van der Waals surface area contributed by atoms with Crippen molar-refractivity contribution in [2.75, 3.05) is 7.11 Å². The molecule has 2 aliphatic heterocycles. The van der Waals surface area contributed by atoms with Crippen LogP contribution in [0.25, 0.3) is 11.3 Å². The van der Waals surface area contributed by atoms with Crippen molar-refractivity contribution < 1.29 is 18.7 Å². The molecule has 2 aliphatic rings. The van der Waals surface area contributed by atoms with Crippen molar-refractivity contribution in [3.8, 4) is 17.1 Å². The zero-order chi connectivity index (χ0) is 19.1. The Morgan fingerprint density at radius 1 is 1.30 bits per heavy atom. The molecule has 2 unspecified atom stereocenters. The van der Waals surface area contributed by atoms with E-state index >= 15 is 0 Å². The van der Waals surface area contributed by atoms with Crippen molar-refractivity contribution in [1.82, 2.24) is 20.1 Å². The van der Waals surface area contributed by atoms with Crippen LogP contribution >= 0.6 is 0 Å². The largest absolute Gasteiger partial charge is 0.481 e. The third-order valence-corrected chi connectivity index (χ3v) is 5.50. The lowest BCUT2D eigenvalue weighted by Gasteiger charge is -2.37. The highest BCUT2D eigenvalue weighted by Crippen LogP contribution is 2.39. The molecule has 0 radical (unpaired) electrons. The number of piperidine rings is 1. The number of carbonyl (C=O) groups is 2. The maximum absolute atomic E-state index is 14.1. The number of methoxy groups -OCH3 is 1. The average molecular weight is 373 g/mol. The molecule has 0 saturated carbocycles. The summed E-state index contributed by atoms with van der Waals surface area (Å²) in [5.41, 5.74) is 6.26. The summed E-state index contributed by atoms with van der Waals surface area (Å²) in [7, 11) is 1.44. The van der Waals surface area contributed by atoms with E-state index in [0.29, 0.717) is 18.5 Å². The topological polar surface area (TPSA) is 114 Å². The standard InChI is InChI=1S/C18H20FN5O3/c1-27-16-6-12(13(19)8-21-16)14-7-15(23-22-14)18(26)24-10-2-3-11(24)5-9(4-10)17(20)25/h6-11H,2-5H2,1H3,(H2,20,25)(H,22,23). The minimum absolute atomic E-state index is 0.00773. The van der Waals surface area contributed by atoms with E-state index in [0.717, 1.165) is 19.0 Å². The fourth-order valence-electron chi connectivity index (χ4n) is 4.18. The first-order valence-electron chi connectivity index (χ1n) is 8.85. The van der Waals surface area contributed by atoms with Crippen LogP contribution in [0, 0.1) is 11.7 Å². The first-order valence-corrected chi connectivity index (χ1v) is 8.85. The quantitative estimate of drug-likeness (QED) is 0.843. The van der Waals surface area contributed by atoms with Crippen molar-refractivity contribution >= 4 is 11.8 Å². The number of ether oxygens (including phenoxy) is 1. The molecule has 9 heteroatoms. The third-order valence-electron chi connectivity index (χ3n) is 5.50. The van der Waals surface area contributed by atoms with Gasteiger partial charge in [0.05, 0.1) is 19.0 Å². The number of aromatic amines is 1. The van der Waals surface area contributed by atoms with Gasteiger partial charge in [0.2, 0.25) is 11.8 Å². The highest BCUT2D eigenvalue weighted by molar-refractivity contribution is 5.94. The number of aromatic nitrogens is 3. The van der Waals surface area contributed by atoms with Crippen LogP contribution in [0.3, 0.4) is 0 Å². The maximum atomic E-state index is 14.1. The third kappa shape index (κ3) is 3.02. The molecule has 4 heterocycles. The van der Waals surface area contributed by atoms with Crippen molar-refractivity contribution in [2.24, 2.45) is 11.7 Å². The highest BCUT2D eigenvalue weighted by atomic mass is 19.1. The average Bonchev–Trinajstić information content (AvgIpc) is 3.24. The first kappa shape index (κ1) is 17.4. The van der Waals surface area contributed by atoms with E-state index in [-0.39, 0.29) is 47.0 Å². The molecule has 2 aromatic rings. The van der Waals surface area contributed by atoms with Crippen LogP contribution in [-0.2, 0) is 4.79 Å². The number of rotatable bonds is 4. The van der Waals surface area contributed by atoms with Gasteiger partial charge in [0.15, 0.2) is 11.5 Å². The molecule has 2 amide bonds. The summed E-state index contributed by atoms with van der Waals surface area (Å²) in [5.74, 6) is -0.974. The van der Waals surface area contributed by atoms with Crippen LogP contribution in [0.15, 0.2) is 18.3 Å². The Labute approximate surface area is 154 Å². The summed E-state index contributed by atoms with van der Waals surface area (Å²) in [6, 6.07) is 2.96. The summed E-state index contributed by atoms with van der Waals surface area (Å²) in [6.07, 6.45) is 3.95. The maximum Gasteiger partial charge on any atom is 0.274 e. The van der Waals surface area contributed by atoms with Crippen molar-refractivity contribution in [1.29, 1.82) is 0 Å². The molecule has 8 nitrogen and oxygen atoms in total. The van der Waals surface area contributed by atoms with E-state index in [2.05, 4.69) is 15.2 Å². The molecule has 2 aromatic heterocycles. The number of pyridine rings is 1. The van der Waals surface area contributed by atoms with Crippen LogP contribution in [0.2, 0.25) is 0 Å². The van der Waals surface area contributed by atoms with E-state index < -0.39 is 5.82 Å². The number of fused-ring (bicyclic) bond motifs is 2. The molecular weight excluding hydrogens is 353 g/mol. The molecule has 2 saturated heterocycles. The van der Waals surface area contributed by atoms with Gasteiger partial charge in [-0.05, 0) is 31.7 Å². The lowest BCUT2D eigenvalue weighted by Crippen LogP contribution is -2.49. The molecule has 0 spiro atoms. The first-order chi connectivity index (χ1) is 13.0. The Bertz CT molecular complexity index is 885. The number of nitrogens with one attached hydrogen (secondary N) is 1. The summed E-state index contributed by atoms with van der Waals surface area (Å²) in [4.78, 5) is 30.1. The van der Waals surface area contributed by atoms with Gasteiger partial charge in [-0.15, -0.1) is 0 Å². The van der Waals surface area contributed by atoms with Crippen LogP contribution in [0.1, 0.15) is 36.2 Å². The van der Waals surface area contributed by atoms with Gasteiger partial charge >= 0.3 is 0 Å². The fraction of sp³-hybridized carbons (Fsp3) is 0.444. The number of carbonyl (C=O) groups excluding carboxylic acids is 2. The minimum Gasteiger partial charge on any atom is -0.481 e. The number of primary amides is 1. The Morgan fingerprint density at radius 3 is 2.63 bits per heavy atom. The molecule has 2 atom stereocenters. The number of H-pyrrole nitrogens is 1. The molecule has 3 N–H and O–H groups in total. The second-order valence-corrected chi connectivity index (χ2v) is 7.04. The molecule has 27 heavy (non-hydrogen) atoms. The van der Waals surface area contributed by atoms with Crippen molar-refractivity contribution in [3.05, 3.63) is 29.8 Å². The molecule has 142 valence electrons. The predicted molar refractivity (Wildman–Crippen MR) is 93.2 cm³/mol. The van der Waals surface area contributed by atoms with E-state index in [1.165, 1.54) is 19.2 Å². The van der Waals surface area contributed by atoms with Crippen LogP contribution < -0.4 is 10.5 Å². The van der Waals surface area contributed by atoms with Crippen LogP contribution in [0.5, 0.6) is 5.88 Å². The lowest BCUT2D eigenvalue weighted by molar-refractivity contribution is -0.123. The zero-order valence-electron chi connectivity index (χ0n) is 14.8. The van der Waals surface area contributed by atoms with E-state index in [1.54, 1.807) is 0 Å².